The predicted octanol–water partition coefficient (Wildman–Crippen LogP) is -2.92. The van der Waals surface area contributed by atoms with E-state index in [4.69, 9.17) is 21.7 Å². The number of thiazole rings is 1. The molecule has 0 saturated carbocycles. The van der Waals surface area contributed by atoms with Gasteiger partial charge in [-0.25, -0.2) is 19.1 Å². The van der Waals surface area contributed by atoms with Crippen LogP contribution in [-0.2, 0) is 42.6 Å². The second-order valence-electron chi connectivity index (χ2n) is 8.20. The Labute approximate surface area is 218 Å². The van der Waals surface area contributed by atoms with E-state index >= 15 is 0 Å². The molecule has 1 aliphatic rings. The Balaban J connectivity index is 1.85. The molecule has 0 aliphatic carbocycles. The smallest absolute Gasteiger partial charge is 0.362 e. The molecule has 0 bridgehead atoms. The molecule has 2 atom stereocenters. The number of nitrogens with two attached hydrogens (primary N) is 2. The van der Waals surface area contributed by atoms with E-state index in [1.807, 2.05) is 0 Å². The van der Waals surface area contributed by atoms with Crippen LogP contribution in [0.4, 0.5) is 5.13 Å². The first-order valence-corrected chi connectivity index (χ1v) is 12.7. The number of nitrogens with zero attached hydrogens (tertiary/aromatic N) is 6. The van der Waals surface area contributed by atoms with Crippen LogP contribution in [0.25, 0.3) is 0 Å². The van der Waals surface area contributed by atoms with Crippen molar-refractivity contribution in [3.05, 3.63) is 23.2 Å². The number of β-lactam (4-membered cyclic amide) rings is 1. The fourth-order valence-corrected chi connectivity index (χ4v) is 4.44. The molecular weight excluding hydrogens is 550 g/mol. The molecule has 38 heavy (non-hydrogen) atoms. The van der Waals surface area contributed by atoms with Gasteiger partial charge in [0.15, 0.2) is 22.6 Å². The van der Waals surface area contributed by atoms with E-state index in [0.29, 0.717) is 0 Å². The number of guanidine groups is 1. The Morgan fingerprint density at radius 3 is 2.63 bits per heavy atom. The quantitative estimate of drug-likeness (QED) is 0.0466. The lowest BCUT2D eigenvalue weighted by molar-refractivity contribution is -0.161. The number of nitrogens with one attached hydrogen (secondary N) is 3. The minimum atomic E-state index is -5.01. The van der Waals surface area contributed by atoms with Crippen molar-refractivity contribution >= 4 is 56.2 Å². The molecule has 1 fully saturated rings. The number of carbonyl (C=O) groups excluding carboxylic acids is 2. The first-order valence-electron chi connectivity index (χ1n) is 10.4. The van der Waals surface area contributed by atoms with Crippen LogP contribution >= 0.6 is 11.3 Å². The monoisotopic (exact) mass is 573 g/mol. The van der Waals surface area contributed by atoms with Gasteiger partial charge in [0, 0.05) is 5.38 Å². The lowest BCUT2D eigenvalue weighted by Gasteiger charge is -2.43. The number of anilines is 1. The topological polar surface area (TPSA) is 294 Å². The molecule has 0 aromatic carbocycles. The number of carboxylic acids is 1. The molecule has 3 heterocycles. The van der Waals surface area contributed by atoms with Crippen molar-refractivity contribution in [2.24, 2.45) is 10.9 Å². The van der Waals surface area contributed by atoms with E-state index in [1.165, 1.54) is 25.6 Å². The van der Waals surface area contributed by atoms with Crippen LogP contribution in [0.2, 0.25) is 0 Å². The van der Waals surface area contributed by atoms with Gasteiger partial charge in [-0.15, -0.1) is 11.3 Å². The van der Waals surface area contributed by atoms with E-state index in [0.717, 1.165) is 16.0 Å². The minimum Gasteiger partial charge on any atom is -0.478 e. The summed E-state index contributed by atoms with van der Waals surface area (Å²) in [6.07, 6.45) is 1.20. The first kappa shape index (κ1) is 28.2. The Bertz CT molecular complexity index is 1400. The molecule has 0 spiro atoms. The van der Waals surface area contributed by atoms with Crippen molar-refractivity contribution in [2.75, 3.05) is 5.73 Å². The third kappa shape index (κ3) is 6.30. The van der Waals surface area contributed by atoms with Crippen LogP contribution in [0.15, 0.2) is 16.9 Å². The summed E-state index contributed by atoms with van der Waals surface area (Å²) in [5.74, 6) is -3.77. The van der Waals surface area contributed by atoms with E-state index in [2.05, 4.69) is 30.9 Å². The van der Waals surface area contributed by atoms with Crippen molar-refractivity contribution in [2.45, 2.75) is 44.6 Å². The van der Waals surface area contributed by atoms with Gasteiger partial charge in [-0.1, -0.05) is 5.16 Å². The van der Waals surface area contributed by atoms with Gasteiger partial charge < -0.3 is 32.0 Å². The summed E-state index contributed by atoms with van der Waals surface area (Å²) >= 11 is 0.945. The number of carboxylic acid groups (broad SMARTS) is 1. The first-order chi connectivity index (χ1) is 17.6. The molecule has 1 aliphatic heterocycles. The van der Waals surface area contributed by atoms with Gasteiger partial charge >= 0.3 is 16.3 Å². The molecule has 2 unspecified atom stereocenters. The highest BCUT2D eigenvalue weighted by Gasteiger charge is 2.54. The number of nitrogen functional groups attached to an aromatic ring is 1. The highest BCUT2D eigenvalue weighted by Crippen LogP contribution is 2.25. The molecular formula is C17H23N11O8S2. The molecule has 19 nitrogen and oxygen atoms in total. The Kier molecular flexibility index (Phi) is 7.83. The normalized spacial score (nSPS) is 18.0. The SMILES string of the molecule is CC(C)(O/N=C(\C(=O)NC1C(=O)N(S(=O)(=O)O)C1Cn1cnc(CNC(=N)N)n1)c1csc(N)n1)C(=O)O. The molecule has 2 amide bonds. The summed E-state index contributed by atoms with van der Waals surface area (Å²) in [6, 6.07) is -2.82. The van der Waals surface area contributed by atoms with Crippen LogP contribution in [-0.4, -0.2) is 89.3 Å². The molecule has 2 aromatic rings. The van der Waals surface area contributed by atoms with Crippen molar-refractivity contribution in [1.29, 1.82) is 5.41 Å². The molecule has 2 aromatic heterocycles. The van der Waals surface area contributed by atoms with Crippen LogP contribution in [0.3, 0.4) is 0 Å². The van der Waals surface area contributed by atoms with Crippen molar-refractivity contribution in [3.63, 3.8) is 0 Å². The zero-order chi connectivity index (χ0) is 28.4. The van der Waals surface area contributed by atoms with Gasteiger partial charge in [0.05, 0.1) is 19.1 Å². The fourth-order valence-electron chi connectivity index (χ4n) is 3.02. The number of aromatic nitrogens is 4. The summed E-state index contributed by atoms with van der Waals surface area (Å²) in [5.41, 5.74) is 8.34. The molecule has 1 saturated heterocycles. The highest BCUT2D eigenvalue weighted by molar-refractivity contribution is 7.84. The summed E-state index contributed by atoms with van der Waals surface area (Å²) in [7, 11) is -5.01. The lowest BCUT2D eigenvalue weighted by Crippen LogP contribution is -2.73. The summed E-state index contributed by atoms with van der Waals surface area (Å²) in [6.45, 7) is 2.01. The standard InChI is InChI=1S/C17H23N11O8S2/c1-17(2,14(31)32)36-26-10(7-5-37-16(20)23-7)12(29)24-11-8(28(13(11)30)38(33,34)35)4-27-6-22-9(25-27)3-21-15(18)19/h5-6,8,11H,3-4H2,1-2H3,(H2,20,23)(H,24,29)(H,31,32)(H4,18,19,21)(H,33,34,35)/b26-10-. The summed E-state index contributed by atoms with van der Waals surface area (Å²) < 4.78 is 34.5. The number of hydrogen-bond acceptors (Lipinski definition) is 13. The van der Waals surface area contributed by atoms with Gasteiger partial charge in [0.2, 0.25) is 5.60 Å². The number of carbonyl (C=O) groups is 3. The van der Waals surface area contributed by atoms with Crippen LogP contribution in [0, 0.1) is 5.41 Å². The zero-order valence-electron chi connectivity index (χ0n) is 19.7. The van der Waals surface area contributed by atoms with Gasteiger partial charge in [0.1, 0.15) is 18.1 Å². The maximum atomic E-state index is 13.1. The zero-order valence-corrected chi connectivity index (χ0v) is 21.4. The van der Waals surface area contributed by atoms with Crippen LogP contribution in [0.1, 0.15) is 25.4 Å². The van der Waals surface area contributed by atoms with Crippen molar-refractivity contribution < 1.29 is 37.3 Å². The lowest BCUT2D eigenvalue weighted by atomic mass is 9.98. The maximum absolute atomic E-state index is 13.1. The number of oxime groups is 1. The van der Waals surface area contributed by atoms with Crippen LogP contribution in [0.5, 0.6) is 0 Å². The molecule has 21 heteroatoms. The van der Waals surface area contributed by atoms with Gasteiger partial charge in [0.25, 0.3) is 11.8 Å². The maximum Gasteiger partial charge on any atom is 0.362 e. The highest BCUT2D eigenvalue weighted by atomic mass is 32.2. The second-order valence-corrected chi connectivity index (χ2v) is 10.4. The Morgan fingerprint density at radius 1 is 1.39 bits per heavy atom. The van der Waals surface area contributed by atoms with E-state index in [-0.39, 0.29) is 40.0 Å². The van der Waals surface area contributed by atoms with Crippen LogP contribution < -0.4 is 22.1 Å². The van der Waals surface area contributed by atoms with Gasteiger partial charge in [-0.3, -0.25) is 24.2 Å². The average molecular weight is 574 g/mol. The second kappa shape index (κ2) is 10.5. The molecule has 9 N–H and O–H groups in total. The third-order valence-electron chi connectivity index (χ3n) is 4.96. The minimum absolute atomic E-state index is 0.0165. The number of hydrogen-bond donors (Lipinski definition) is 7. The predicted molar refractivity (Wildman–Crippen MR) is 129 cm³/mol. The van der Waals surface area contributed by atoms with Crippen molar-refractivity contribution in [3.8, 4) is 0 Å². The van der Waals surface area contributed by atoms with E-state index in [9.17, 15) is 32.5 Å². The summed E-state index contributed by atoms with van der Waals surface area (Å²) in [4.78, 5) is 49.9. The largest absolute Gasteiger partial charge is 0.478 e. The number of rotatable bonds is 11. The Morgan fingerprint density at radius 2 is 2.08 bits per heavy atom. The fraction of sp³-hybridized carbons (Fsp3) is 0.412. The van der Waals surface area contributed by atoms with E-state index < -0.39 is 51.5 Å². The number of aliphatic carboxylic acids is 1. The third-order valence-corrected chi connectivity index (χ3v) is 6.58. The summed E-state index contributed by atoms with van der Waals surface area (Å²) in [5, 5.41) is 30.2. The molecule has 206 valence electrons. The average Bonchev–Trinajstić information content (AvgIpc) is 3.43. The van der Waals surface area contributed by atoms with Gasteiger partial charge in [-0.2, -0.15) is 13.5 Å². The number of amides is 2. The van der Waals surface area contributed by atoms with E-state index in [1.54, 1.807) is 0 Å². The molecule has 3 rings (SSSR count). The van der Waals surface area contributed by atoms with Gasteiger partial charge in [-0.05, 0) is 13.8 Å². The Hall–Kier alpha value is -4.37. The molecule has 0 radical (unpaired) electrons. The van der Waals surface area contributed by atoms with Crippen molar-refractivity contribution in [1.82, 2.24) is 34.7 Å².